The van der Waals surface area contributed by atoms with Gasteiger partial charge in [-0.2, -0.15) is 0 Å². The highest BCUT2D eigenvalue weighted by molar-refractivity contribution is 5.91. The summed E-state index contributed by atoms with van der Waals surface area (Å²) in [5.41, 5.74) is 22.3. The summed E-state index contributed by atoms with van der Waals surface area (Å²) in [7, 11) is 0. The standard InChI is InChI=1S/C37H32N4/c1-3-25(19-20-38)34-22-30(23-35(40-34)29-14-13-26-9-5-6-10-28(26)21-29)27-15-17-31(18-16-27)41-36(4-2)33(24-39)32-11-7-8-12-37(32)41/h3-23H,2,24,38-39H2,1H3/b20-19-,25-3+. The molecular formula is C37H32N4. The molecule has 41 heavy (non-hydrogen) atoms. The molecule has 0 radical (unpaired) electrons. The Hall–Kier alpha value is -5.19. The highest BCUT2D eigenvalue weighted by Gasteiger charge is 2.16. The second kappa shape index (κ2) is 11.1. The van der Waals surface area contributed by atoms with Crippen molar-refractivity contribution in [2.24, 2.45) is 11.5 Å². The van der Waals surface area contributed by atoms with Gasteiger partial charge in [0.05, 0.1) is 22.6 Å². The van der Waals surface area contributed by atoms with Crippen LogP contribution in [0.5, 0.6) is 0 Å². The number of fused-ring (bicyclic) bond motifs is 2. The summed E-state index contributed by atoms with van der Waals surface area (Å²) in [5.74, 6) is 0. The van der Waals surface area contributed by atoms with E-state index in [-0.39, 0.29) is 0 Å². The van der Waals surface area contributed by atoms with Crippen LogP contribution in [0.2, 0.25) is 0 Å². The first kappa shape index (κ1) is 26.1. The lowest BCUT2D eigenvalue weighted by atomic mass is 9.98. The number of nitrogens with zero attached hydrogens (tertiary/aromatic N) is 2. The summed E-state index contributed by atoms with van der Waals surface area (Å²) in [4.78, 5) is 5.06. The molecule has 6 aromatic rings. The van der Waals surface area contributed by atoms with E-state index in [0.717, 1.165) is 61.5 Å². The predicted molar refractivity (Wildman–Crippen MR) is 174 cm³/mol. The maximum atomic E-state index is 6.16. The zero-order chi connectivity index (χ0) is 28.3. The number of nitrogens with two attached hydrogens (primary N) is 2. The van der Waals surface area contributed by atoms with Crippen LogP contribution in [-0.4, -0.2) is 9.55 Å². The van der Waals surface area contributed by atoms with Gasteiger partial charge in [0.25, 0.3) is 0 Å². The van der Waals surface area contributed by atoms with Gasteiger partial charge in [-0.05, 0) is 94.7 Å². The van der Waals surface area contributed by atoms with Crippen molar-refractivity contribution in [2.45, 2.75) is 13.5 Å². The van der Waals surface area contributed by atoms with Gasteiger partial charge in [-0.25, -0.2) is 4.98 Å². The highest BCUT2D eigenvalue weighted by atomic mass is 15.0. The minimum atomic E-state index is 0.453. The first-order chi connectivity index (χ1) is 20.1. The Kier molecular flexibility index (Phi) is 7.07. The number of hydrogen-bond donors (Lipinski definition) is 2. The Bertz CT molecular complexity index is 1960. The Morgan fingerprint density at radius 2 is 1.56 bits per heavy atom. The second-order valence-electron chi connectivity index (χ2n) is 9.96. The molecule has 0 amide bonds. The number of pyridine rings is 1. The topological polar surface area (TPSA) is 69.9 Å². The van der Waals surface area contributed by atoms with Gasteiger partial charge in [0.1, 0.15) is 0 Å². The van der Waals surface area contributed by atoms with Gasteiger partial charge in [0.2, 0.25) is 0 Å². The molecule has 200 valence electrons. The predicted octanol–water partition coefficient (Wildman–Crippen LogP) is 8.49. The Morgan fingerprint density at radius 3 is 2.29 bits per heavy atom. The molecule has 0 atom stereocenters. The molecule has 0 aliphatic rings. The van der Waals surface area contributed by atoms with Crippen LogP contribution in [0, 0.1) is 0 Å². The van der Waals surface area contributed by atoms with Crippen molar-refractivity contribution in [3.05, 3.63) is 145 Å². The molecule has 0 bridgehead atoms. The molecule has 2 heterocycles. The zero-order valence-corrected chi connectivity index (χ0v) is 23.1. The van der Waals surface area contributed by atoms with E-state index in [2.05, 4.69) is 114 Å². The smallest absolute Gasteiger partial charge is 0.0715 e. The van der Waals surface area contributed by atoms with Crippen molar-refractivity contribution in [1.29, 1.82) is 0 Å². The Balaban J connectivity index is 1.48. The van der Waals surface area contributed by atoms with Gasteiger partial charge in [-0.15, -0.1) is 0 Å². The maximum Gasteiger partial charge on any atom is 0.0715 e. The third-order valence-electron chi connectivity index (χ3n) is 7.63. The van der Waals surface area contributed by atoms with Crippen molar-refractivity contribution in [3.63, 3.8) is 0 Å². The van der Waals surface area contributed by atoms with Crippen molar-refractivity contribution in [2.75, 3.05) is 0 Å². The van der Waals surface area contributed by atoms with Crippen LogP contribution in [0.4, 0.5) is 0 Å². The molecule has 6 rings (SSSR count). The van der Waals surface area contributed by atoms with Crippen molar-refractivity contribution in [1.82, 2.24) is 9.55 Å². The van der Waals surface area contributed by atoms with Crippen LogP contribution in [0.3, 0.4) is 0 Å². The molecule has 0 fully saturated rings. The average Bonchev–Trinajstić information content (AvgIpc) is 3.36. The Labute approximate surface area is 240 Å². The van der Waals surface area contributed by atoms with Gasteiger partial charge in [0, 0.05) is 23.2 Å². The fourth-order valence-electron chi connectivity index (χ4n) is 5.61. The summed E-state index contributed by atoms with van der Waals surface area (Å²) >= 11 is 0. The summed E-state index contributed by atoms with van der Waals surface area (Å²) in [6.07, 6.45) is 7.38. The zero-order valence-electron chi connectivity index (χ0n) is 23.1. The van der Waals surface area contributed by atoms with Crippen LogP contribution >= 0.6 is 0 Å². The molecule has 2 aromatic heterocycles. The van der Waals surface area contributed by atoms with Crippen LogP contribution in [-0.2, 0) is 6.54 Å². The average molecular weight is 533 g/mol. The second-order valence-corrected chi connectivity index (χ2v) is 9.96. The number of para-hydroxylation sites is 1. The molecule has 0 saturated carbocycles. The summed E-state index contributed by atoms with van der Waals surface area (Å²) < 4.78 is 2.23. The summed E-state index contributed by atoms with van der Waals surface area (Å²) in [5, 5.41) is 3.54. The monoisotopic (exact) mass is 532 g/mol. The summed E-state index contributed by atoms with van der Waals surface area (Å²) in [6, 6.07) is 36.2. The third-order valence-corrected chi connectivity index (χ3v) is 7.63. The highest BCUT2D eigenvalue weighted by Crippen LogP contribution is 2.33. The van der Waals surface area contributed by atoms with Gasteiger partial charge in [0.15, 0.2) is 0 Å². The van der Waals surface area contributed by atoms with Crippen LogP contribution in [0.15, 0.2) is 128 Å². The molecule has 4 N–H and O–H groups in total. The van der Waals surface area contributed by atoms with E-state index in [1.165, 1.54) is 10.8 Å². The molecular weight excluding hydrogens is 500 g/mol. The van der Waals surface area contributed by atoms with E-state index in [9.17, 15) is 0 Å². The lowest BCUT2D eigenvalue weighted by molar-refractivity contribution is 1.03. The van der Waals surface area contributed by atoms with Crippen LogP contribution in [0.1, 0.15) is 23.9 Å². The maximum absolute atomic E-state index is 6.16. The van der Waals surface area contributed by atoms with E-state index in [1.807, 2.05) is 25.2 Å². The minimum Gasteiger partial charge on any atom is -0.405 e. The van der Waals surface area contributed by atoms with E-state index in [0.29, 0.717) is 6.54 Å². The molecule has 0 aliphatic heterocycles. The lowest BCUT2D eigenvalue weighted by Crippen LogP contribution is -2.01. The van der Waals surface area contributed by atoms with Crippen molar-refractivity contribution >= 4 is 33.3 Å². The Morgan fingerprint density at radius 1 is 0.829 bits per heavy atom. The van der Waals surface area contributed by atoms with E-state index < -0.39 is 0 Å². The fraction of sp³-hybridized carbons (Fsp3) is 0.0541. The molecule has 0 aliphatic carbocycles. The normalized spacial score (nSPS) is 12.0. The largest absolute Gasteiger partial charge is 0.405 e. The molecule has 4 nitrogen and oxygen atoms in total. The van der Waals surface area contributed by atoms with Crippen molar-refractivity contribution in [3.8, 4) is 28.1 Å². The molecule has 0 unspecified atom stereocenters. The fourth-order valence-corrected chi connectivity index (χ4v) is 5.61. The molecule has 0 spiro atoms. The van der Waals surface area contributed by atoms with E-state index >= 15 is 0 Å². The van der Waals surface area contributed by atoms with Crippen LogP contribution in [0.25, 0.3) is 61.4 Å². The van der Waals surface area contributed by atoms with E-state index in [4.69, 9.17) is 16.5 Å². The van der Waals surface area contributed by atoms with Gasteiger partial charge < -0.3 is 16.0 Å². The van der Waals surface area contributed by atoms with Gasteiger partial charge in [-0.1, -0.05) is 79.4 Å². The summed E-state index contributed by atoms with van der Waals surface area (Å²) in [6.45, 7) is 6.55. The quantitative estimate of drug-likeness (QED) is 0.203. The molecule has 4 heteroatoms. The molecule has 0 saturated heterocycles. The SMILES string of the molecule is C=Cc1c(CN)c2ccccc2n1-c1ccc(-c2cc(C(/C=C\N)=C/C)nc(-c3ccc4ccccc4c3)c2)cc1. The van der Waals surface area contributed by atoms with E-state index in [1.54, 1.807) is 6.20 Å². The number of rotatable bonds is 7. The first-order valence-electron chi connectivity index (χ1n) is 13.8. The number of aromatic nitrogens is 2. The van der Waals surface area contributed by atoms with Crippen molar-refractivity contribution < 1.29 is 0 Å². The van der Waals surface area contributed by atoms with Gasteiger partial charge in [-0.3, -0.25) is 0 Å². The first-order valence-corrected chi connectivity index (χ1v) is 13.8. The number of hydrogen-bond acceptors (Lipinski definition) is 3. The van der Waals surface area contributed by atoms with Crippen LogP contribution < -0.4 is 11.5 Å². The number of benzene rings is 4. The third kappa shape index (κ3) is 4.75. The minimum absolute atomic E-state index is 0.453. The number of allylic oxidation sites excluding steroid dienone is 3. The molecule has 4 aromatic carbocycles. The van der Waals surface area contributed by atoms with Gasteiger partial charge >= 0.3 is 0 Å². The lowest BCUT2D eigenvalue weighted by Gasteiger charge is -2.13.